The molecule has 1 heterocycles. The first kappa shape index (κ1) is 15.8. The molecule has 5 heteroatoms. The smallest absolute Gasteiger partial charge is 0.233 e. The number of hydrogen-bond acceptors (Lipinski definition) is 3. The third kappa shape index (κ3) is 3.96. The Labute approximate surface area is 133 Å². The molecule has 0 saturated heterocycles. The fraction of sp³-hybridized carbons (Fsp3) is 0.250. The second-order valence-corrected chi connectivity index (χ2v) is 5.52. The van der Waals surface area contributed by atoms with E-state index in [1.807, 2.05) is 30.3 Å². The highest BCUT2D eigenvalue weighted by molar-refractivity contribution is 6.36. The summed E-state index contributed by atoms with van der Waals surface area (Å²) in [6, 6.07) is 9.52. The quantitative estimate of drug-likeness (QED) is 0.824. The average Bonchev–Trinajstić information content (AvgIpc) is 2.48. The van der Waals surface area contributed by atoms with Crippen molar-refractivity contribution in [3.8, 4) is 5.88 Å². The fourth-order valence-electron chi connectivity index (χ4n) is 1.79. The molecule has 1 atom stereocenters. The Bertz CT molecular complexity index is 644. The van der Waals surface area contributed by atoms with Crippen LogP contribution in [0.25, 0.3) is 0 Å². The monoisotopic (exact) mass is 323 g/mol. The van der Waals surface area contributed by atoms with Crippen molar-refractivity contribution in [2.24, 2.45) is 0 Å². The standard InChI is InChI=1S/C16H15Cl2NO2/c1-10-13(17)9-19-16(15(10)18)21-11(2)14(20)8-12-6-4-3-5-7-12/h3-7,9,11H,8H2,1-2H3. The predicted molar refractivity (Wildman–Crippen MR) is 84.2 cm³/mol. The number of halogens is 2. The Morgan fingerprint density at radius 1 is 1.29 bits per heavy atom. The molecular formula is C16H15Cl2NO2. The molecule has 0 bridgehead atoms. The van der Waals surface area contributed by atoms with Gasteiger partial charge in [-0.05, 0) is 25.0 Å². The summed E-state index contributed by atoms with van der Waals surface area (Å²) >= 11 is 12.0. The molecule has 1 aromatic heterocycles. The number of nitrogens with zero attached hydrogens (tertiary/aromatic N) is 1. The minimum Gasteiger partial charge on any atom is -0.466 e. The van der Waals surface area contributed by atoms with Crippen LogP contribution in [-0.2, 0) is 11.2 Å². The lowest BCUT2D eigenvalue weighted by molar-refractivity contribution is -0.124. The van der Waals surface area contributed by atoms with Gasteiger partial charge in [0.15, 0.2) is 11.9 Å². The molecule has 0 radical (unpaired) electrons. The Hall–Kier alpha value is -1.58. The van der Waals surface area contributed by atoms with Crippen LogP contribution >= 0.6 is 23.2 Å². The molecule has 2 rings (SSSR count). The van der Waals surface area contributed by atoms with E-state index in [0.717, 1.165) is 5.56 Å². The van der Waals surface area contributed by atoms with Gasteiger partial charge in [-0.3, -0.25) is 4.79 Å². The molecule has 0 aliphatic heterocycles. The van der Waals surface area contributed by atoms with Gasteiger partial charge in [0.2, 0.25) is 5.88 Å². The van der Waals surface area contributed by atoms with Crippen LogP contribution in [0.5, 0.6) is 5.88 Å². The van der Waals surface area contributed by atoms with E-state index < -0.39 is 6.10 Å². The topological polar surface area (TPSA) is 39.2 Å². The van der Waals surface area contributed by atoms with Gasteiger partial charge < -0.3 is 4.74 Å². The molecule has 3 nitrogen and oxygen atoms in total. The van der Waals surface area contributed by atoms with Crippen LogP contribution in [0.2, 0.25) is 10.0 Å². The number of carbonyl (C=O) groups excluding carboxylic acids is 1. The van der Waals surface area contributed by atoms with Crippen LogP contribution in [0.3, 0.4) is 0 Å². The maximum absolute atomic E-state index is 12.2. The third-order valence-corrected chi connectivity index (χ3v) is 3.96. The lowest BCUT2D eigenvalue weighted by Crippen LogP contribution is -2.26. The third-order valence-electron chi connectivity index (χ3n) is 3.13. The van der Waals surface area contributed by atoms with Crippen molar-refractivity contribution in [1.29, 1.82) is 0 Å². The molecule has 21 heavy (non-hydrogen) atoms. The van der Waals surface area contributed by atoms with Crippen molar-refractivity contribution in [3.05, 3.63) is 57.7 Å². The van der Waals surface area contributed by atoms with Crippen molar-refractivity contribution in [2.45, 2.75) is 26.4 Å². The lowest BCUT2D eigenvalue weighted by atomic mass is 10.1. The Morgan fingerprint density at radius 2 is 1.95 bits per heavy atom. The average molecular weight is 324 g/mol. The van der Waals surface area contributed by atoms with Gasteiger partial charge in [-0.2, -0.15) is 0 Å². The largest absolute Gasteiger partial charge is 0.466 e. The molecule has 1 unspecified atom stereocenters. The van der Waals surface area contributed by atoms with Crippen molar-refractivity contribution < 1.29 is 9.53 Å². The van der Waals surface area contributed by atoms with Crippen molar-refractivity contribution in [1.82, 2.24) is 4.98 Å². The van der Waals surface area contributed by atoms with Gasteiger partial charge in [0.05, 0.1) is 5.02 Å². The molecule has 0 N–H and O–H groups in total. The number of pyridine rings is 1. The Morgan fingerprint density at radius 3 is 2.62 bits per heavy atom. The summed E-state index contributed by atoms with van der Waals surface area (Å²) in [6.45, 7) is 3.46. The number of rotatable bonds is 5. The number of aromatic nitrogens is 1. The zero-order valence-electron chi connectivity index (χ0n) is 11.8. The van der Waals surface area contributed by atoms with E-state index in [-0.39, 0.29) is 11.7 Å². The predicted octanol–water partition coefficient (Wildman–Crippen LogP) is 4.28. The summed E-state index contributed by atoms with van der Waals surface area (Å²) < 4.78 is 5.56. The van der Waals surface area contributed by atoms with Gasteiger partial charge in [-0.25, -0.2) is 4.98 Å². The van der Waals surface area contributed by atoms with Crippen molar-refractivity contribution in [3.63, 3.8) is 0 Å². The molecule has 1 aromatic carbocycles. The summed E-state index contributed by atoms with van der Waals surface area (Å²) in [6.07, 6.45) is 1.15. The van der Waals surface area contributed by atoms with E-state index in [1.54, 1.807) is 13.8 Å². The van der Waals surface area contributed by atoms with E-state index in [1.165, 1.54) is 6.20 Å². The van der Waals surface area contributed by atoms with Gasteiger partial charge >= 0.3 is 0 Å². The number of hydrogen-bond donors (Lipinski definition) is 0. The summed E-state index contributed by atoms with van der Waals surface area (Å²) in [5.74, 6) is 0.194. The first-order valence-electron chi connectivity index (χ1n) is 6.53. The van der Waals surface area contributed by atoms with Crippen LogP contribution in [0.15, 0.2) is 36.5 Å². The lowest BCUT2D eigenvalue weighted by Gasteiger charge is -2.15. The molecule has 110 valence electrons. The normalized spacial score (nSPS) is 12.0. The molecular weight excluding hydrogens is 309 g/mol. The van der Waals surface area contributed by atoms with Crippen LogP contribution in [0.4, 0.5) is 0 Å². The number of carbonyl (C=O) groups is 1. The molecule has 0 aliphatic rings. The van der Waals surface area contributed by atoms with E-state index in [2.05, 4.69) is 4.98 Å². The zero-order chi connectivity index (χ0) is 15.4. The second-order valence-electron chi connectivity index (χ2n) is 4.74. The molecule has 0 fully saturated rings. The van der Waals surface area contributed by atoms with E-state index >= 15 is 0 Å². The number of ether oxygens (including phenoxy) is 1. The zero-order valence-corrected chi connectivity index (χ0v) is 13.3. The molecule has 0 aliphatic carbocycles. The first-order chi connectivity index (χ1) is 9.99. The van der Waals surface area contributed by atoms with Crippen LogP contribution < -0.4 is 4.74 Å². The highest BCUT2D eigenvalue weighted by Gasteiger charge is 2.18. The van der Waals surface area contributed by atoms with Crippen LogP contribution in [-0.4, -0.2) is 16.9 Å². The van der Waals surface area contributed by atoms with E-state index in [9.17, 15) is 4.79 Å². The minimum atomic E-state index is -0.629. The molecule has 0 saturated carbocycles. The maximum Gasteiger partial charge on any atom is 0.233 e. The van der Waals surface area contributed by atoms with Gasteiger partial charge in [-0.1, -0.05) is 53.5 Å². The summed E-state index contributed by atoms with van der Waals surface area (Å²) in [5.41, 5.74) is 1.63. The van der Waals surface area contributed by atoms with Gasteiger partial charge in [-0.15, -0.1) is 0 Å². The number of benzene rings is 1. The second kappa shape index (κ2) is 6.92. The van der Waals surface area contributed by atoms with Gasteiger partial charge in [0.1, 0.15) is 5.02 Å². The van der Waals surface area contributed by atoms with Crippen LogP contribution in [0.1, 0.15) is 18.1 Å². The Balaban J connectivity index is 2.06. The van der Waals surface area contributed by atoms with Gasteiger partial charge in [0.25, 0.3) is 0 Å². The summed E-state index contributed by atoms with van der Waals surface area (Å²) in [7, 11) is 0. The molecule has 2 aromatic rings. The van der Waals surface area contributed by atoms with Crippen LogP contribution in [0, 0.1) is 6.92 Å². The summed E-state index contributed by atoms with van der Waals surface area (Å²) in [4.78, 5) is 16.2. The number of ketones is 1. The molecule has 0 amide bonds. The van der Waals surface area contributed by atoms with Gasteiger partial charge in [0, 0.05) is 12.6 Å². The SMILES string of the molecule is Cc1c(Cl)cnc(OC(C)C(=O)Cc2ccccc2)c1Cl. The maximum atomic E-state index is 12.2. The fourth-order valence-corrected chi connectivity index (χ4v) is 2.18. The number of Topliss-reactive ketones (excluding diaryl/α,β-unsaturated/α-hetero) is 1. The summed E-state index contributed by atoms with van der Waals surface area (Å²) in [5, 5.41) is 0.803. The highest BCUT2D eigenvalue weighted by atomic mass is 35.5. The van der Waals surface area contributed by atoms with Crippen molar-refractivity contribution >= 4 is 29.0 Å². The van der Waals surface area contributed by atoms with E-state index in [4.69, 9.17) is 27.9 Å². The molecule has 0 spiro atoms. The highest BCUT2D eigenvalue weighted by Crippen LogP contribution is 2.30. The van der Waals surface area contributed by atoms with Crippen molar-refractivity contribution in [2.75, 3.05) is 0 Å². The Kier molecular flexibility index (Phi) is 5.21. The minimum absolute atomic E-state index is 0.0355. The first-order valence-corrected chi connectivity index (χ1v) is 7.28. The van der Waals surface area contributed by atoms with E-state index in [0.29, 0.717) is 22.0 Å².